The van der Waals surface area contributed by atoms with Gasteiger partial charge in [-0.15, -0.1) is 0 Å². The number of nitrogens with one attached hydrogen (secondary N) is 1. The number of amides is 1. The molecule has 0 fully saturated rings. The van der Waals surface area contributed by atoms with Crippen LogP contribution in [0.5, 0.6) is 5.75 Å². The third-order valence-corrected chi connectivity index (χ3v) is 4.66. The first-order valence-corrected chi connectivity index (χ1v) is 9.74. The molecule has 3 aromatic rings. The highest BCUT2D eigenvalue weighted by Crippen LogP contribution is 2.24. The molecule has 0 radical (unpaired) electrons. The van der Waals surface area contributed by atoms with Gasteiger partial charge < -0.3 is 19.6 Å². The van der Waals surface area contributed by atoms with Crippen LogP contribution in [0, 0.1) is 0 Å². The lowest BCUT2D eigenvalue weighted by Gasteiger charge is -2.15. The molecule has 0 saturated heterocycles. The number of carbonyl (C=O) groups is 2. The fourth-order valence-corrected chi connectivity index (χ4v) is 3.16. The zero-order valence-corrected chi connectivity index (χ0v) is 16.6. The Bertz CT molecular complexity index is 1090. The Morgan fingerprint density at radius 1 is 1.13 bits per heavy atom. The molecule has 0 spiro atoms. The van der Waals surface area contributed by atoms with Gasteiger partial charge in [0.25, 0.3) is 5.91 Å². The minimum Gasteiger partial charge on any atom is -0.484 e. The highest BCUT2D eigenvalue weighted by atomic mass is 16.5. The first kappa shape index (κ1) is 21.1. The fourth-order valence-electron chi connectivity index (χ4n) is 3.16. The number of benzene rings is 2. The van der Waals surface area contributed by atoms with Crippen molar-refractivity contribution < 1.29 is 23.8 Å². The number of ether oxygens (including phenoxy) is 1. The highest BCUT2D eigenvalue weighted by Gasteiger charge is 2.22. The van der Waals surface area contributed by atoms with Crippen molar-refractivity contribution in [2.24, 2.45) is 0 Å². The van der Waals surface area contributed by atoms with E-state index >= 15 is 0 Å². The van der Waals surface area contributed by atoms with E-state index in [0.29, 0.717) is 16.9 Å². The zero-order chi connectivity index (χ0) is 21.5. The predicted molar refractivity (Wildman–Crippen MR) is 112 cm³/mol. The lowest BCUT2D eigenvalue weighted by atomic mass is 10.0. The molecule has 0 unspecified atom stereocenters. The van der Waals surface area contributed by atoms with Gasteiger partial charge in [0.2, 0.25) is 0 Å². The molecule has 3 rings (SSSR count). The number of aliphatic carboxylic acids is 1. The minimum atomic E-state index is -1.17. The van der Waals surface area contributed by atoms with Gasteiger partial charge in [-0.25, -0.2) is 9.59 Å². The smallest absolute Gasteiger partial charge is 0.336 e. The number of fused-ring (bicyclic) bond motifs is 1. The van der Waals surface area contributed by atoms with E-state index in [0.717, 1.165) is 30.2 Å². The Balaban J connectivity index is 1.69. The van der Waals surface area contributed by atoms with Crippen LogP contribution in [0.2, 0.25) is 0 Å². The standard InChI is InChI=1S/C23H23NO6/c1-2-3-7-16-12-21(26)30-19-13-17(10-11-18(16)19)29-14-20(25)24-22(23(27)28)15-8-5-4-6-9-15/h4-6,8-13,22H,2-3,7,14H2,1H3,(H,24,25)(H,27,28)/t22-/m0/s1. The maximum absolute atomic E-state index is 12.2. The molecule has 0 aliphatic heterocycles. The molecule has 0 aliphatic rings. The lowest BCUT2D eigenvalue weighted by Crippen LogP contribution is -2.36. The number of unbranched alkanes of at least 4 members (excludes halogenated alkanes) is 1. The van der Waals surface area contributed by atoms with Crippen LogP contribution in [0.25, 0.3) is 11.0 Å². The summed E-state index contributed by atoms with van der Waals surface area (Å²) >= 11 is 0. The molecule has 1 atom stereocenters. The maximum atomic E-state index is 12.2. The van der Waals surface area contributed by atoms with Gasteiger partial charge in [-0.1, -0.05) is 43.7 Å². The van der Waals surface area contributed by atoms with Gasteiger partial charge in [0.1, 0.15) is 11.3 Å². The Morgan fingerprint density at radius 2 is 1.90 bits per heavy atom. The van der Waals surface area contributed by atoms with Gasteiger partial charge >= 0.3 is 11.6 Å². The van der Waals surface area contributed by atoms with E-state index in [1.54, 1.807) is 48.5 Å². The molecule has 7 nitrogen and oxygen atoms in total. The number of carbonyl (C=O) groups excluding carboxylic acids is 1. The fraction of sp³-hybridized carbons (Fsp3) is 0.261. The maximum Gasteiger partial charge on any atom is 0.336 e. The molecular formula is C23H23NO6. The van der Waals surface area contributed by atoms with E-state index in [-0.39, 0.29) is 6.61 Å². The van der Waals surface area contributed by atoms with Crippen molar-refractivity contribution in [3.63, 3.8) is 0 Å². The van der Waals surface area contributed by atoms with Crippen LogP contribution in [-0.2, 0) is 16.0 Å². The molecule has 1 aromatic heterocycles. The molecule has 2 N–H and O–H groups in total. The predicted octanol–water partition coefficient (Wildman–Crippen LogP) is 3.46. The summed E-state index contributed by atoms with van der Waals surface area (Å²) in [5, 5.41) is 12.7. The van der Waals surface area contributed by atoms with Crippen molar-refractivity contribution in [2.45, 2.75) is 32.2 Å². The van der Waals surface area contributed by atoms with Crippen LogP contribution in [-0.4, -0.2) is 23.6 Å². The van der Waals surface area contributed by atoms with Gasteiger partial charge in [-0.2, -0.15) is 0 Å². The summed E-state index contributed by atoms with van der Waals surface area (Å²) in [4.78, 5) is 35.6. The second-order valence-electron chi connectivity index (χ2n) is 6.89. The first-order valence-electron chi connectivity index (χ1n) is 9.74. The van der Waals surface area contributed by atoms with Crippen LogP contribution in [0.4, 0.5) is 0 Å². The van der Waals surface area contributed by atoms with Crippen molar-refractivity contribution in [3.8, 4) is 5.75 Å². The quantitative estimate of drug-likeness (QED) is 0.524. The Labute approximate surface area is 173 Å². The van der Waals surface area contributed by atoms with Gasteiger partial charge in [0.05, 0.1) is 0 Å². The number of rotatable bonds is 9. The second-order valence-corrected chi connectivity index (χ2v) is 6.89. The van der Waals surface area contributed by atoms with Crippen LogP contribution < -0.4 is 15.7 Å². The molecule has 30 heavy (non-hydrogen) atoms. The van der Waals surface area contributed by atoms with E-state index in [1.807, 2.05) is 0 Å². The van der Waals surface area contributed by atoms with E-state index in [9.17, 15) is 19.5 Å². The molecule has 1 amide bonds. The minimum absolute atomic E-state index is 0.347. The molecular weight excluding hydrogens is 386 g/mol. The summed E-state index contributed by atoms with van der Waals surface area (Å²) in [6.07, 6.45) is 2.75. The van der Waals surface area contributed by atoms with E-state index in [2.05, 4.69) is 12.2 Å². The monoisotopic (exact) mass is 409 g/mol. The normalized spacial score (nSPS) is 11.8. The highest BCUT2D eigenvalue weighted by molar-refractivity contribution is 5.85. The van der Waals surface area contributed by atoms with Crippen LogP contribution in [0.1, 0.15) is 36.9 Å². The van der Waals surface area contributed by atoms with Gasteiger partial charge in [0.15, 0.2) is 12.6 Å². The summed E-state index contributed by atoms with van der Waals surface area (Å²) in [5.41, 5.74) is 1.33. The van der Waals surface area contributed by atoms with Gasteiger partial charge in [-0.05, 0) is 36.1 Å². The summed E-state index contributed by atoms with van der Waals surface area (Å²) in [6, 6.07) is 13.8. The molecule has 0 aliphatic carbocycles. The average molecular weight is 409 g/mol. The number of carboxylic acids is 1. The number of hydrogen-bond donors (Lipinski definition) is 2. The number of carboxylic acid groups (broad SMARTS) is 1. The zero-order valence-electron chi connectivity index (χ0n) is 16.6. The van der Waals surface area contributed by atoms with E-state index in [4.69, 9.17) is 9.15 Å². The van der Waals surface area contributed by atoms with E-state index < -0.39 is 23.5 Å². The summed E-state index contributed by atoms with van der Waals surface area (Å²) in [7, 11) is 0. The van der Waals surface area contributed by atoms with Crippen molar-refractivity contribution >= 4 is 22.8 Å². The van der Waals surface area contributed by atoms with Gasteiger partial charge in [0, 0.05) is 17.5 Å². The summed E-state index contributed by atoms with van der Waals surface area (Å²) in [6.45, 7) is 1.71. The van der Waals surface area contributed by atoms with Crippen molar-refractivity contribution in [1.29, 1.82) is 0 Å². The molecule has 1 heterocycles. The number of aryl methyl sites for hydroxylation is 1. The molecule has 156 valence electrons. The van der Waals surface area contributed by atoms with Gasteiger partial charge in [-0.3, -0.25) is 4.79 Å². The van der Waals surface area contributed by atoms with Crippen LogP contribution in [0.3, 0.4) is 0 Å². The SMILES string of the molecule is CCCCc1cc(=O)oc2cc(OCC(=O)N[C@H](C(=O)O)c3ccccc3)ccc12. The third-order valence-electron chi connectivity index (χ3n) is 4.66. The first-order chi connectivity index (χ1) is 14.5. The second kappa shape index (κ2) is 9.73. The lowest BCUT2D eigenvalue weighted by molar-refractivity contribution is -0.142. The van der Waals surface area contributed by atoms with Crippen molar-refractivity contribution in [3.05, 3.63) is 76.1 Å². The number of hydrogen-bond acceptors (Lipinski definition) is 5. The Morgan fingerprint density at radius 3 is 2.60 bits per heavy atom. The third kappa shape index (κ3) is 5.26. The summed E-state index contributed by atoms with van der Waals surface area (Å²) < 4.78 is 10.8. The van der Waals surface area contributed by atoms with Crippen molar-refractivity contribution in [1.82, 2.24) is 5.32 Å². The molecule has 2 aromatic carbocycles. The van der Waals surface area contributed by atoms with E-state index in [1.165, 1.54) is 6.07 Å². The Kier molecular flexibility index (Phi) is 6.85. The Hall–Kier alpha value is -3.61. The average Bonchev–Trinajstić information content (AvgIpc) is 2.74. The molecule has 7 heteroatoms. The summed E-state index contributed by atoms with van der Waals surface area (Å²) in [5.74, 6) is -1.40. The topological polar surface area (TPSA) is 106 Å². The molecule has 0 bridgehead atoms. The van der Waals surface area contributed by atoms with Crippen molar-refractivity contribution in [2.75, 3.05) is 6.61 Å². The largest absolute Gasteiger partial charge is 0.484 e. The van der Waals surface area contributed by atoms with Crippen LogP contribution in [0.15, 0.2) is 63.8 Å². The molecule has 0 saturated carbocycles. The van der Waals surface area contributed by atoms with Crippen LogP contribution >= 0.6 is 0 Å².